The minimum atomic E-state index is -3.33. The zero-order valence-electron chi connectivity index (χ0n) is 9.92. The highest BCUT2D eigenvalue weighted by Gasteiger charge is 2.40. The summed E-state index contributed by atoms with van der Waals surface area (Å²) in [6.45, 7) is 2.40. The molecule has 3 unspecified atom stereocenters. The second kappa shape index (κ2) is 5.42. The second-order valence-corrected chi connectivity index (χ2v) is 6.31. The van der Waals surface area contributed by atoms with E-state index in [0.717, 1.165) is 0 Å². The fourth-order valence-electron chi connectivity index (χ4n) is 1.75. The monoisotopic (exact) mass is 252 g/mol. The normalized spacial score (nSPS) is 29.5. The van der Waals surface area contributed by atoms with Crippen LogP contribution in [0.3, 0.4) is 0 Å². The van der Waals surface area contributed by atoms with Gasteiger partial charge >= 0.3 is 0 Å². The topological polar surface area (TPSA) is 81.9 Å². The van der Waals surface area contributed by atoms with Crippen molar-refractivity contribution in [3.8, 4) is 0 Å². The average Bonchev–Trinajstić information content (AvgIpc) is 2.71. The van der Waals surface area contributed by atoms with Gasteiger partial charge in [0, 0.05) is 33.9 Å². The summed E-state index contributed by atoms with van der Waals surface area (Å²) in [5.74, 6) is 0. The molecule has 0 spiro atoms. The Hall–Kier alpha value is -0.210. The molecule has 7 heteroatoms. The fraction of sp³-hybridized carbons (Fsp3) is 1.00. The van der Waals surface area contributed by atoms with Crippen molar-refractivity contribution >= 4 is 10.0 Å². The van der Waals surface area contributed by atoms with E-state index in [0.29, 0.717) is 13.1 Å². The highest BCUT2D eigenvalue weighted by atomic mass is 32.2. The highest BCUT2D eigenvalue weighted by Crippen LogP contribution is 2.21. The van der Waals surface area contributed by atoms with Gasteiger partial charge < -0.3 is 15.2 Å². The Morgan fingerprint density at radius 2 is 1.75 bits per heavy atom. The number of nitrogens with zero attached hydrogens (tertiary/aromatic N) is 1. The number of rotatable bonds is 5. The van der Waals surface area contributed by atoms with E-state index in [1.807, 2.05) is 0 Å². The van der Waals surface area contributed by atoms with E-state index in [9.17, 15) is 8.42 Å². The molecule has 0 aromatic heterocycles. The van der Waals surface area contributed by atoms with Gasteiger partial charge in [-0.3, -0.25) is 0 Å². The Bertz CT molecular complexity index is 307. The lowest BCUT2D eigenvalue weighted by Gasteiger charge is -2.20. The predicted octanol–water partition coefficient (Wildman–Crippen LogP) is -0.991. The third-order valence-corrected chi connectivity index (χ3v) is 5.21. The van der Waals surface area contributed by atoms with E-state index in [1.165, 1.54) is 4.31 Å². The van der Waals surface area contributed by atoms with Gasteiger partial charge in [-0.05, 0) is 6.92 Å². The third kappa shape index (κ3) is 2.54. The summed E-state index contributed by atoms with van der Waals surface area (Å²) in [6, 6.07) is 0. The second-order valence-electron chi connectivity index (χ2n) is 3.96. The van der Waals surface area contributed by atoms with Crippen LogP contribution < -0.4 is 5.73 Å². The fourth-order valence-corrected chi connectivity index (χ4v) is 3.21. The molecular weight excluding hydrogens is 232 g/mol. The molecule has 0 bridgehead atoms. The maximum absolute atomic E-state index is 12.0. The van der Waals surface area contributed by atoms with Crippen molar-refractivity contribution in [2.45, 2.75) is 24.4 Å². The molecule has 1 saturated heterocycles. The Balaban J connectivity index is 2.78. The van der Waals surface area contributed by atoms with E-state index in [-0.39, 0.29) is 18.8 Å². The molecule has 1 aliphatic heterocycles. The van der Waals surface area contributed by atoms with E-state index < -0.39 is 15.3 Å². The van der Waals surface area contributed by atoms with Crippen LogP contribution in [0.4, 0.5) is 0 Å². The van der Waals surface area contributed by atoms with Crippen molar-refractivity contribution in [1.82, 2.24) is 4.31 Å². The summed E-state index contributed by atoms with van der Waals surface area (Å²) in [4.78, 5) is 0. The molecule has 3 atom stereocenters. The lowest BCUT2D eigenvalue weighted by molar-refractivity contribution is -0.00461. The van der Waals surface area contributed by atoms with Crippen LogP contribution in [0.1, 0.15) is 6.92 Å². The molecule has 96 valence electrons. The molecule has 1 aliphatic rings. The van der Waals surface area contributed by atoms with Gasteiger partial charge in [-0.15, -0.1) is 0 Å². The van der Waals surface area contributed by atoms with Crippen LogP contribution in [0.15, 0.2) is 0 Å². The van der Waals surface area contributed by atoms with Crippen molar-refractivity contribution < 1.29 is 17.9 Å². The molecule has 1 rings (SSSR count). The Morgan fingerprint density at radius 1 is 1.31 bits per heavy atom. The highest BCUT2D eigenvalue weighted by molar-refractivity contribution is 7.89. The van der Waals surface area contributed by atoms with E-state index in [1.54, 1.807) is 21.1 Å². The zero-order chi connectivity index (χ0) is 12.3. The van der Waals surface area contributed by atoms with Crippen LogP contribution >= 0.6 is 0 Å². The summed E-state index contributed by atoms with van der Waals surface area (Å²) in [5.41, 5.74) is 5.39. The molecule has 1 heterocycles. The Kier molecular flexibility index (Phi) is 4.69. The van der Waals surface area contributed by atoms with Crippen LogP contribution in [0.25, 0.3) is 0 Å². The lowest BCUT2D eigenvalue weighted by Crippen LogP contribution is -2.40. The smallest absolute Gasteiger partial charge is 0.218 e. The molecule has 0 aromatic rings. The van der Waals surface area contributed by atoms with Crippen LogP contribution in [-0.4, -0.2) is 64.0 Å². The third-order valence-electron chi connectivity index (χ3n) is 2.99. The standard InChI is InChI=1S/C9H20N2O4S/c1-7(4-10)16(12,13)11-5-8(14-2)9(6-11)15-3/h7-9H,4-6,10H2,1-3H3. The molecular formula is C9H20N2O4S. The summed E-state index contributed by atoms with van der Waals surface area (Å²) in [6.07, 6.45) is -0.408. The maximum atomic E-state index is 12.0. The molecule has 16 heavy (non-hydrogen) atoms. The van der Waals surface area contributed by atoms with E-state index >= 15 is 0 Å². The van der Waals surface area contributed by atoms with E-state index in [2.05, 4.69) is 0 Å². The van der Waals surface area contributed by atoms with Gasteiger partial charge in [0.1, 0.15) is 0 Å². The molecule has 2 N–H and O–H groups in total. The summed E-state index contributed by atoms with van der Waals surface area (Å²) in [5, 5.41) is -0.569. The van der Waals surface area contributed by atoms with Gasteiger partial charge in [-0.2, -0.15) is 4.31 Å². The summed E-state index contributed by atoms with van der Waals surface area (Å²) >= 11 is 0. The van der Waals surface area contributed by atoms with Crippen molar-refractivity contribution in [2.24, 2.45) is 5.73 Å². The van der Waals surface area contributed by atoms with Crippen LogP contribution in [-0.2, 0) is 19.5 Å². The number of ether oxygens (including phenoxy) is 2. The number of methoxy groups -OCH3 is 2. The first-order valence-corrected chi connectivity index (χ1v) is 6.72. The molecule has 0 radical (unpaired) electrons. The quantitative estimate of drug-likeness (QED) is 0.679. The maximum Gasteiger partial charge on any atom is 0.218 e. The van der Waals surface area contributed by atoms with Crippen LogP contribution in [0.2, 0.25) is 0 Å². The van der Waals surface area contributed by atoms with Gasteiger partial charge in [0.25, 0.3) is 0 Å². The number of hydrogen-bond acceptors (Lipinski definition) is 5. The van der Waals surface area contributed by atoms with Gasteiger partial charge in [-0.25, -0.2) is 8.42 Å². The van der Waals surface area contributed by atoms with E-state index in [4.69, 9.17) is 15.2 Å². The lowest BCUT2D eigenvalue weighted by atomic mass is 10.3. The SMILES string of the molecule is COC1CN(S(=O)(=O)C(C)CN)CC1OC. The number of sulfonamides is 1. The average molecular weight is 252 g/mol. The predicted molar refractivity (Wildman–Crippen MR) is 60.6 cm³/mol. The van der Waals surface area contributed by atoms with Gasteiger partial charge in [0.15, 0.2) is 0 Å². The number of nitrogens with two attached hydrogens (primary N) is 1. The van der Waals surface area contributed by atoms with Gasteiger partial charge in [-0.1, -0.05) is 0 Å². The Labute approximate surface area is 96.7 Å². The minimum Gasteiger partial charge on any atom is -0.377 e. The van der Waals surface area contributed by atoms with Crippen molar-refractivity contribution in [3.05, 3.63) is 0 Å². The van der Waals surface area contributed by atoms with Crippen LogP contribution in [0, 0.1) is 0 Å². The summed E-state index contributed by atoms with van der Waals surface area (Å²) in [7, 11) is -0.217. The largest absolute Gasteiger partial charge is 0.377 e. The Morgan fingerprint density at radius 3 is 2.06 bits per heavy atom. The van der Waals surface area contributed by atoms with Crippen molar-refractivity contribution in [2.75, 3.05) is 33.9 Å². The van der Waals surface area contributed by atoms with Crippen molar-refractivity contribution in [3.63, 3.8) is 0 Å². The molecule has 0 amide bonds. The van der Waals surface area contributed by atoms with Gasteiger partial charge in [0.05, 0.1) is 17.5 Å². The number of hydrogen-bond donors (Lipinski definition) is 1. The minimum absolute atomic E-state index is 0.119. The summed E-state index contributed by atoms with van der Waals surface area (Å²) < 4.78 is 35.8. The molecule has 0 aliphatic carbocycles. The van der Waals surface area contributed by atoms with Crippen LogP contribution in [0.5, 0.6) is 0 Å². The molecule has 0 saturated carbocycles. The molecule has 6 nitrogen and oxygen atoms in total. The van der Waals surface area contributed by atoms with Gasteiger partial charge in [0.2, 0.25) is 10.0 Å². The first-order valence-electron chi connectivity index (χ1n) is 5.22. The molecule has 0 aromatic carbocycles. The first kappa shape index (κ1) is 13.9. The first-order chi connectivity index (χ1) is 7.47. The van der Waals surface area contributed by atoms with Crippen molar-refractivity contribution in [1.29, 1.82) is 0 Å². The zero-order valence-corrected chi connectivity index (χ0v) is 10.7. The molecule has 1 fully saturated rings.